The average Bonchev–Trinajstić information content (AvgIpc) is 2.74. The van der Waals surface area contributed by atoms with Crippen LogP contribution in [0, 0.1) is 0 Å². The van der Waals surface area contributed by atoms with Gasteiger partial charge in [0.15, 0.2) is 0 Å². The normalized spacial score (nSPS) is 20.7. The molecule has 1 aliphatic heterocycles. The topological polar surface area (TPSA) is 42.1 Å². The largest absolute Gasteiger partial charge is 0.321 e. The molecule has 0 radical (unpaired) electrons. The van der Waals surface area contributed by atoms with Gasteiger partial charge >= 0.3 is 0 Å². The molecule has 0 saturated carbocycles. The van der Waals surface area contributed by atoms with E-state index in [0.717, 1.165) is 11.6 Å². The van der Waals surface area contributed by atoms with Crippen LogP contribution in [0.4, 0.5) is 0 Å². The van der Waals surface area contributed by atoms with Gasteiger partial charge in [-0.25, -0.2) is 4.98 Å². The maximum absolute atomic E-state index is 6.03. The van der Waals surface area contributed by atoms with Gasteiger partial charge in [0.1, 0.15) is 5.01 Å². The second-order valence-electron chi connectivity index (χ2n) is 3.48. The Hall–Kier alpha value is -0.450. The second-order valence-corrected chi connectivity index (χ2v) is 4.41. The molecule has 0 aromatic carbocycles. The van der Waals surface area contributed by atoms with Gasteiger partial charge in [-0.2, -0.15) is 0 Å². The zero-order chi connectivity index (χ0) is 9.10. The molecular weight excluding hydrogens is 182 g/mol. The fraction of sp³-hybridized carbons (Fsp3) is 0.667. The van der Waals surface area contributed by atoms with Crippen molar-refractivity contribution in [3.8, 4) is 0 Å². The summed E-state index contributed by atoms with van der Waals surface area (Å²) in [7, 11) is 0. The van der Waals surface area contributed by atoms with Crippen LogP contribution in [0.2, 0.25) is 0 Å². The zero-order valence-electron chi connectivity index (χ0n) is 7.65. The highest BCUT2D eigenvalue weighted by Crippen LogP contribution is 2.16. The molecule has 1 unspecified atom stereocenters. The predicted octanol–water partition coefficient (Wildman–Crippen LogP) is 1.24. The van der Waals surface area contributed by atoms with Crippen molar-refractivity contribution >= 4 is 11.3 Å². The van der Waals surface area contributed by atoms with Crippen LogP contribution in [0.25, 0.3) is 0 Å². The molecule has 1 aromatic rings. The summed E-state index contributed by atoms with van der Waals surface area (Å²) in [6.45, 7) is 3.38. The molecule has 1 fully saturated rings. The molecule has 3 nitrogen and oxygen atoms in total. The molecule has 1 saturated heterocycles. The third-order valence-corrected chi connectivity index (χ3v) is 3.33. The van der Waals surface area contributed by atoms with Crippen molar-refractivity contribution in [2.24, 2.45) is 5.73 Å². The molecular formula is C9H15N3S. The van der Waals surface area contributed by atoms with Crippen molar-refractivity contribution < 1.29 is 0 Å². The number of hydrogen-bond donors (Lipinski definition) is 1. The summed E-state index contributed by atoms with van der Waals surface area (Å²) in [4.78, 5) is 6.65. The first-order valence-corrected chi connectivity index (χ1v) is 5.61. The molecule has 13 heavy (non-hydrogen) atoms. The highest BCUT2D eigenvalue weighted by Gasteiger charge is 2.16. The predicted molar refractivity (Wildman–Crippen MR) is 54.7 cm³/mol. The van der Waals surface area contributed by atoms with Gasteiger partial charge in [0.25, 0.3) is 0 Å². The van der Waals surface area contributed by atoms with Gasteiger partial charge in [-0.15, -0.1) is 11.3 Å². The molecule has 2 N–H and O–H groups in total. The van der Waals surface area contributed by atoms with Crippen molar-refractivity contribution in [2.45, 2.75) is 18.9 Å². The van der Waals surface area contributed by atoms with Gasteiger partial charge in [-0.1, -0.05) is 0 Å². The van der Waals surface area contributed by atoms with Crippen LogP contribution in [0.3, 0.4) is 0 Å². The van der Waals surface area contributed by atoms with Gasteiger partial charge < -0.3 is 10.6 Å². The number of likely N-dealkylation sites (tertiary alicyclic amines) is 1. The molecule has 1 atom stereocenters. The highest BCUT2D eigenvalue weighted by atomic mass is 32.1. The van der Waals surface area contributed by atoms with E-state index in [-0.39, 0.29) is 6.04 Å². The van der Waals surface area contributed by atoms with Crippen molar-refractivity contribution in [2.75, 3.05) is 19.6 Å². The van der Waals surface area contributed by atoms with E-state index in [9.17, 15) is 0 Å². The molecule has 4 heteroatoms. The van der Waals surface area contributed by atoms with Crippen LogP contribution in [0.1, 0.15) is 23.9 Å². The SMILES string of the molecule is NC(CN1CCCC1)c1nccs1. The van der Waals surface area contributed by atoms with E-state index >= 15 is 0 Å². The summed E-state index contributed by atoms with van der Waals surface area (Å²) in [6, 6.07) is 0.109. The van der Waals surface area contributed by atoms with E-state index in [1.807, 2.05) is 11.6 Å². The highest BCUT2D eigenvalue weighted by molar-refractivity contribution is 7.09. The molecule has 0 spiro atoms. The Kier molecular flexibility index (Phi) is 2.93. The Balaban J connectivity index is 1.87. The molecule has 72 valence electrons. The van der Waals surface area contributed by atoms with Gasteiger partial charge in [-0.3, -0.25) is 0 Å². The quantitative estimate of drug-likeness (QED) is 0.792. The first-order valence-electron chi connectivity index (χ1n) is 4.73. The Labute approximate surface area is 82.6 Å². The number of nitrogens with zero attached hydrogens (tertiary/aromatic N) is 2. The van der Waals surface area contributed by atoms with E-state index in [1.54, 1.807) is 11.3 Å². The summed E-state index contributed by atoms with van der Waals surface area (Å²) in [5, 5.41) is 3.05. The summed E-state index contributed by atoms with van der Waals surface area (Å²) in [6.07, 6.45) is 4.47. The summed E-state index contributed by atoms with van der Waals surface area (Å²) in [5.74, 6) is 0. The van der Waals surface area contributed by atoms with Crippen molar-refractivity contribution in [1.82, 2.24) is 9.88 Å². The lowest BCUT2D eigenvalue weighted by molar-refractivity contribution is 0.316. The minimum absolute atomic E-state index is 0.109. The summed E-state index contributed by atoms with van der Waals surface area (Å²) in [5.41, 5.74) is 6.03. The Morgan fingerprint density at radius 1 is 1.54 bits per heavy atom. The molecule has 2 heterocycles. The molecule has 1 aliphatic rings. The first kappa shape index (κ1) is 9.12. The lowest BCUT2D eigenvalue weighted by atomic mass is 10.3. The Morgan fingerprint density at radius 3 is 2.92 bits per heavy atom. The Bertz CT molecular complexity index is 241. The van der Waals surface area contributed by atoms with E-state index in [4.69, 9.17) is 5.73 Å². The second kappa shape index (κ2) is 4.17. The third kappa shape index (κ3) is 2.27. The minimum atomic E-state index is 0.109. The van der Waals surface area contributed by atoms with Crippen molar-refractivity contribution in [3.05, 3.63) is 16.6 Å². The molecule has 0 amide bonds. The van der Waals surface area contributed by atoms with E-state index < -0.39 is 0 Å². The van der Waals surface area contributed by atoms with Gasteiger partial charge in [-0.05, 0) is 25.9 Å². The van der Waals surface area contributed by atoms with Crippen molar-refractivity contribution in [1.29, 1.82) is 0 Å². The smallest absolute Gasteiger partial charge is 0.111 e. The monoisotopic (exact) mass is 197 g/mol. The van der Waals surface area contributed by atoms with Crippen LogP contribution >= 0.6 is 11.3 Å². The van der Waals surface area contributed by atoms with Crippen LogP contribution in [-0.4, -0.2) is 29.5 Å². The molecule has 1 aromatic heterocycles. The third-order valence-electron chi connectivity index (χ3n) is 2.42. The minimum Gasteiger partial charge on any atom is -0.321 e. The number of rotatable bonds is 3. The number of aromatic nitrogens is 1. The average molecular weight is 197 g/mol. The van der Waals surface area contributed by atoms with Gasteiger partial charge in [0.05, 0.1) is 6.04 Å². The van der Waals surface area contributed by atoms with Crippen LogP contribution in [0.15, 0.2) is 11.6 Å². The molecule has 2 rings (SSSR count). The van der Waals surface area contributed by atoms with Gasteiger partial charge in [0.2, 0.25) is 0 Å². The fourth-order valence-electron chi connectivity index (χ4n) is 1.74. The Morgan fingerprint density at radius 2 is 2.31 bits per heavy atom. The maximum atomic E-state index is 6.03. The van der Waals surface area contributed by atoms with E-state index in [0.29, 0.717) is 0 Å². The summed E-state index contributed by atoms with van der Waals surface area (Å²) >= 11 is 1.65. The summed E-state index contributed by atoms with van der Waals surface area (Å²) < 4.78 is 0. The first-order chi connectivity index (χ1) is 6.36. The number of thiazole rings is 1. The fourth-order valence-corrected chi connectivity index (χ4v) is 2.37. The van der Waals surface area contributed by atoms with Crippen LogP contribution in [-0.2, 0) is 0 Å². The zero-order valence-corrected chi connectivity index (χ0v) is 8.46. The standard InChI is InChI=1S/C9H15N3S/c10-8(9-11-3-6-13-9)7-12-4-1-2-5-12/h3,6,8H,1-2,4-5,7,10H2. The van der Waals surface area contributed by atoms with E-state index in [1.165, 1.54) is 25.9 Å². The number of nitrogens with two attached hydrogens (primary N) is 1. The lowest BCUT2D eigenvalue weighted by Gasteiger charge is -2.18. The van der Waals surface area contributed by atoms with Crippen molar-refractivity contribution in [3.63, 3.8) is 0 Å². The molecule has 0 bridgehead atoms. The van der Waals surface area contributed by atoms with Crippen LogP contribution in [0.5, 0.6) is 0 Å². The lowest BCUT2D eigenvalue weighted by Crippen LogP contribution is -2.29. The number of hydrogen-bond acceptors (Lipinski definition) is 4. The van der Waals surface area contributed by atoms with Crippen LogP contribution < -0.4 is 5.73 Å². The van der Waals surface area contributed by atoms with E-state index in [2.05, 4.69) is 9.88 Å². The maximum Gasteiger partial charge on any atom is 0.111 e. The van der Waals surface area contributed by atoms with Gasteiger partial charge in [0, 0.05) is 18.1 Å². The molecule has 0 aliphatic carbocycles.